The number of halogens is 4. The van der Waals surface area contributed by atoms with E-state index in [9.17, 15) is 18.0 Å². The van der Waals surface area contributed by atoms with Gasteiger partial charge in [-0.3, -0.25) is 9.63 Å². The Morgan fingerprint density at radius 1 is 1.42 bits per heavy atom. The summed E-state index contributed by atoms with van der Waals surface area (Å²) in [6, 6.07) is 5.35. The molecule has 106 valence electrons. The second kappa shape index (κ2) is 6.77. The molecule has 0 aliphatic carbocycles. The first-order chi connectivity index (χ1) is 8.78. The summed E-state index contributed by atoms with van der Waals surface area (Å²) in [5.41, 5.74) is 3.50. The molecule has 7 heteroatoms. The van der Waals surface area contributed by atoms with Gasteiger partial charge in [-0.15, -0.1) is 0 Å². The average molecular weight is 296 g/mol. The Morgan fingerprint density at radius 2 is 2.11 bits per heavy atom. The van der Waals surface area contributed by atoms with Gasteiger partial charge in [-0.25, -0.2) is 5.48 Å². The Labute approximate surface area is 113 Å². The fourth-order valence-corrected chi connectivity index (χ4v) is 1.50. The molecule has 0 spiro atoms. The summed E-state index contributed by atoms with van der Waals surface area (Å²) >= 11 is 5.91. The number of hydrogen-bond acceptors (Lipinski definition) is 2. The molecule has 0 atom stereocenters. The molecule has 0 aromatic heterocycles. The summed E-state index contributed by atoms with van der Waals surface area (Å²) in [6.07, 6.45) is -4.06. The standard InChI is InChI=1S/C12H13ClF3NO2/c1-8-2-3-9(6-10(8)13)4-5-11(18)17-19-7-12(14,15)16/h2-3,6H,4-5,7H2,1H3,(H,17,18). The molecule has 1 N–H and O–H groups in total. The summed E-state index contributed by atoms with van der Waals surface area (Å²) in [6.45, 7) is 0.346. The van der Waals surface area contributed by atoms with Crippen LogP contribution in [-0.2, 0) is 16.1 Å². The molecule has 19 heavy (non-hydrogen) atoms. The Balaban J connectivity index is 2.32. The van der Waals surface area contributed by atoms with Crippen LogP contribution in [0, 0.1) is 6.92 Å². The van der Waals surface area contributed by atoms with Crippen molar-refractivity contribution in [2.75, 3.05) is 6.61 Å². The molecule has 3 nitrogen and oxygen atoms in total. The highest BCUT2D eigenvalue weighted by molar-refractivity contribution is 6.31. The van der Waals surface area contributed by atoms with Gasteiger partial charge in [0.2, 0.25) is 5.91 Å². The van der Waals surface area contributed by atoms with Gasteiger partial charge in [0.1, 0.15) is 0 Å². The zero-order valence-electron chi connectivity index (χ0n) is 10.2. The number of amides is 1. The van der Waals surface area contributed by atoms with Gasteiger partial charge in [-0.2, -0.15) is 13.2 Å². The van der Waals surface area contributed by atoms with E-state index in [1.807, 2.05) is 19.1 Å². The topological polar surface area (TPSA) is 38.3 Å². The Hall–Kier alpha value is -1.27. The molecule has 0 saturated carbocycles. The molecule has 0 heterocycles. The van der Waals surface area contributed by atoms with E-state index >= 15 is 0 Å². The molecule has 0 radical (unpaired) electrons. The molecule has 0 aliphatic heterocycles. The first kappa shape index (κ1) is 15.8. The maximum atomic E-state index is 11.7. The van der Waals surface area contributed by atoms with Gasteiger partial charge in [0.05, 0.1) is 0 Å². The van der Waals surface area contributed by atoms with Crippen molar-refractivity contribution in [2.24, 2.45) is 0 Å². The molecule has 1 aromatic carbocycles. The number of rotatable bonds is 5. The monoisotopic (exact) mass is 295 g/mol. The number of alkyl halides is 3. The van der Waals surface area contributed by atoms with Gasteiger partial charge in [0.25, 0.3) is 0 Å². The number of hydroxylamine groups is 1. The number of nitrogens with one attached hydrogen (secondary N) is 1. The van der Waals surface area contributed by atoms with E-state index in [-0.39, 0.29) is 6.42 Å². The predicted molar refractivity (Wildman–Crippen MR) is 64.7 cm³/mol. The van der Waals surface area contributed by atoms with Crippen LogP contribution in [0.15, 0.2) is 18.2 Å². The molecule has 0 aliphatic rings. The molecule has 0 fully saturated rings. The van der Waals surface area contributed by atoms with E-state index in [4.69, 9.17) is 11.6 Å². The number of carbonyl (C=O) groups is 1. The molecule has 1 amide bonds. The zero-order valence-corrected chi connectivity index (χ0v) is 10.9. The van der Waals surface area contributed by atoms with Crippen molar-refractivity contribution in [2.45, 2.75) is 25.9 Å². The lowest BCUT2D eigenvalue weighted by Crippen LogP contribution is -2.29. The summed E-state index contributed by atoms with van der Waals surface area (Å²) in [4.78, 5) is 15.3. The fraction of sp³-hybridized carbons (Fsp3) is 0.417. The van der Waals surface area contributed by atoms with E-state index in [2.05, 4.69) is 4.84 Å². The van der Waals surface area contributed by atoms with Crippen molar-refractivity contribution in [3.8, 4) is 0 Å². The van der Waals surface area contributed by atoms with Crippen LogP contribution in [0.5, 0.6) is 0 Å². The highest BCUT2D eigenvalue weighted by atomic mass is 35.5. The lowest BCUT2D eigenvalue weighted by molar-refractivity contribution is -0.191. The third-order valence-electron chi connectivity index (χ3n) is 2.30. The molecular weight excluding hydrogens is 283 g/mol. The summed E-state index contributed by atoms with van der Waals surface area (Å²) in [7, 11) is 0. The van der Waals surface area contributed by atoms with E-state index in [1.54, 1.807) is 11.5 Å². The number of carbonyl (C=O) groups excluding carboxylic acids is 1. The summed E-state index contributed by atoms with van der Waals surface area (Å²) in [5, 5.41) is 0.589. The average Bonchev–Trinajstić information content (AvgIpc) is 2.29. The third kappa shape index (κ3) is 6.45. The van der Waals surface area contributed by atoms with Crippen molar-refractivity contribution in [3.63, 3.8) is 0 Å². The van der Waals surface area contributed by atoms with Crippen LogP contribution in [0.3, 0.4) is 0 Å². The molecule has 1 aromatic rings. The van der Waals surface area contributed by atoms with Crippen molar-refractivity contribution in [3.05, 3.63) is 34.3 Å². The fourth-order valence-electron chi connectivity index (χ4n) is 1.30. The minimum atomic E-state index is -4.46. The Kier molecular flexibility index (Phi) is 5.62. The minimum absolute atomic E-state index is 0.0250. The maximum absolute atomic E-state index is 11.7. The van der Waals surface area contributed by atoms with Crippen molar-refractivity contribution < 1.29 is 22.8 Å². The quantitative estimate of drug-likeness (QED) is 0.847. The molecule has 0 unspecified atom stereocenters. The first-order valence-corrected chi connectivity index (χ1v) is 5.88. The number of aryl methyl sites for hydroxylation is 2. The van der Waals surface area contributed by atoms with E-state index < -0.39 is 18.7 Å². The number of hydrogen-bond donors (Lipinski definition) is 1. The van der Waals surface area contributed by atoms with Crippen LogP contribution < -0.4 is 5.48 Å². The van der Waals surface area contributed by atoms with Crippen LogP contribution in [0.2, 0.25) is 5.02 Å². The lowest BCUT2D eigenvalue weighted by Gasteiger charge is -2.08. The third-order valence-corrected chi connectivity index (χ3v) is 2.71. The predicted octanol–water partition coefficient (Wildman–Crippen LogP) is 3.19. The van der Waals surface area contributed by atoms with Crippen LogP contribution in [0.1, 0.15) is 17.5 Å². The van der Waals surface area contributed by atoms with Crippen molar-refractivity contribution >= 4 is 17.5 Å². The van der Waals surface area contributed by atoms with Crippen LogP contribution >= 0.6 is 11.6 Å². The Bertz CT molecular complexity index is 449. The van der Waals surface area contributed by atoms with Crippen LogP contribution in [0.4, 0.5) is 13.2 Å². The van der Waals surface area contributed by atoms with Gasteiger partial charge in [-0.1, -0.05) is 23.7 Å². The van der Waals surface area contributed by atoms with E-state index in [0.717, 1.165) is 11.1 Å². The Morgan fingerprint density at radius 3 is 2.68 bits per heavy atom. The van der Waals surface area contributed by atoms with Gasteiger partial charge in [0.15, 0.2) is 6.61 Å². The SMILES string of the molecule is Cc1ccc(CCC(=O)NOCC(F)(F)F)cc1Cl. The highest BCUT2D eigenvalue weighted by Crippen LogP contribution is 2.17. The smallest absolute Gasteiger partial charge is 0.273 e. The zero-order chi connectivity index (χ0) is 14.5. The van der Waals surface area contributed by atoms with Crippen LogP contribution in [0.25, 0.3) is 0 Å². The normalized spacial score (nSPS) is 11.4. The van der Waals surface area contributed by atoms with Gasteiger partial charge in [0, 0.05) is 11.4 Å². The molecule has 0 bridgehead atoms. The number of benzene rings is 1. The van der Waals surface area contributed by atoms with E-state index in [0.29, 0.717) is 11.4 Å². The first-order valence-electron chi connectivity index (χ1n) is 5.50. The lowest BCUT2D eigenvalue weighted by atomic mass is 10.1. The van der Waals surface area contributed by atoms with Crippen molar-refractivity contribution in [1.82, 2.24) is 5.48 Å². The van der Waals surface area contributed by atoms with Crippen LogP contribution in [-0.4, -0.2) is 18.7 Å². The summed E-state index contributed by atoms with van der Waals surface area (Å²) < 4.78 is 35.2. The van der Waals surface area contributed by atoms with Crippen molar-refractivity contribution in [1.29, 1.82) is 0 Å². The van der Waals surface area contributed by atoms with Gasteiger partial charge >= 0.3 is 6.18 Å². The second-order valence-corrected chi connectivity index (χ2v) is 4.42. The highest BCUT2D eigenvalue weighted by Gasteiger charge is 2.28. The maximum Gasteiger partial charge on any atom is 0.414 e. The van der Waals surface area contributed by atoms with E-state index in [1.165, 1.54) is 0 Å². The minimum Gasteiger partial charge on any atom is -0.273 e. The molecule has 0 saturated heterocycles. The van der Waals surface area contributed by atoms with Gasteiger partial charge in [-0.05, 0) is 30.5 Å². The molecular formula is C12H13ClF3NO2. The second-order valence-electron chi connectivity index (χ2n) is 4.01. The molecule has 1 rings (SSSR count). The largest absolute Gasteiger partial charge is 0.414 e. The summed E-state index contributed by atoms with van der Waals surface area (Å²) in [5.74, 6) is -0.610. The van der Waals surface area contributed by atoms with Gasteiger partial charge < -0.3 is 0 Å².